The van der Waals surface area contributed by atoms with E-state index in [1.54, 1.807) is 6.92 Å². The SMILES string of the molecule is CCN1C(=O)CC(SCCC(=O)NCC(C)=O)C1=O. The Morgan fingerprint density at radius 1 is 1.42 bits per heavy atom. The maximum atomic E-state index is 11.8. The van der Waals surface area contributed by atoms with Gasteiger partial charge in [0, 0.05) is 25.1 Å². The molecule has 1 saturated heterocycles. The topological polar surface area (TPSA) is 83.6 Å². The van der Waals surface area contributed by atoms with Crippen molar-refractivity contribution in [1.29, 1.82) is 0 Å². The average Bonchev–Trinajstić information content (AvgIpc) is 2.61. The van der Waals surface area contributed by atoms with E-state index in [1.165, 1.54) is 23.6 Å². The van der Waals surface area contributed by atoms with Gasteiger partial charge in [0.05, 0.1) is 11.8 Å². The molecule has 106 valence electrons. The minimum Gasteiger partial charge on any atom is -0.349 e. The van der Waals surface area contributed by atoms with Gasteiger partial charge in [0.2, 0.25) is 17.7 Å². The third-order valence-corrected chi connectivity index (χ3v) is 3.91. The number of ketones is 1. The lowest BCUT2D eigenvalue weighted by molar-refractivity contribution is -0.138. The summed E-state index contributed by atoms with van der Waals surface area (Å²) in [6.45, 7) is 3.59. The summed E-state index contributed by atoms with van der Waals surface area (Å²) >= 11 is 1.32. The molecule has 0 aromatic heterocycles. The Kier molecular flexibility index (Phi) is 6.01. The van der Waals surface area contributed by atoms with Crippen LogP contribution in [0.5, 0.6) is 0 Å². The number of nitrogens with zero attached hydrogens (tertiary/aromatic N) is 1. The molecular formula is C12H18N2O4S. The van der Waals surface area contributed by atoms with Crippen LogP contribution in [0.1, 0.15) is 26.7 Å². The van der Waals surface area contributed by atoms with E-state index >= 15 is 0 Å². The first kappa shape index (κ1) is 15.7. The van der Waals surface area contributed by atoms with Crippen LogP contribution in [0.4, 0.5) is 0 Å². The average molecular weight is 286 g/mol. The standard InChI is InChI=1S/C12H18N2O4S/c1-3-14-11(17)6-9(12(14)18)19-5-4-10(16)13-7-8(2)15/h9H,3-7H2,1-2H3,(H,13,16). The van der Waals surface area contributed by atoms with Gasteiger partial charge >= 0.3 is 0 Å². The first-order chi connectivity index (χ1) is 8.95. The second-order valence-electron chi connectivity index (χ2n) is 4.27. The zero-order chi connectivity index (χ0) is 14.4. The molecule has 3 amide bonds. The van der Waals surface area contributed by atoms with E-state index in [0.29, 0.717) is 12.3 Å². The Morgan fingerprint density at radius 3 is 2.63 bits per heavy atom. The molecule has 1 N–H and O–H groups in total. The van der Waals surface area contributed by atoms with Crippen LogP contribution in [0.15, 0.2) is 0 Å². The van der Waals surface area contributed by atoms with Crippen molar-refractivity contribution < 1.29 is 19.2 Å². The van der Waals surface area contributed by atoms with Crippen molar-refractivity contribution in [2.45, 2.75) is 31.9 Å². The molecule has 1 atom stereocenters. The van der Waals surface area contributed by atoms with Gasteiger partial charge in [-0.15, -0.1) is 11.8 Å². The number of carbonyl (C=O) groups excluding carboxylic acids is 4. The first-order valence-electron chi connectivity index (χ1n) is 6.17. The second-order valence-corrected chi connectivity index (χ2v) is 5.58. The van der Waals surface area contributed by atoms with Crippen LogP contribution in [-0.4, -0.2) is 52.5 Å². The molecule has 0 bridgehead atoms. The van der Waals surface area contributed by atoms with Crippen molar-refractivity contribution in [3.63, 3.8) is 0 Å². The molecule has 1 rings (SSSR count). The van der Waals surface area contributed by atoms with E-state index in [9.17, 15) is 19.2 Å². The Bertz CT molecular complexity index is 397. The van der Waals surface area contributed by atoms with Gasteiger partial charge in [0.15, 0.2) is 0 Å². The fourth-order valence-electron chi connectivity index (χ4n) is 1.72. The number of likely N-dealkylation sites (tertiary alicyclic amines) is 1. The van der Waals surface area contributed by atoms with Crippen LogP contribution in [0, 0.1) is 0 Å². The zero-order valence-corrected chi connectivity index (χ0v) is 11.9. The normalized spacial score (nSPS) is 18.8. The predicted octanol–water partition coefficient (Wildman–Crippen LogP) is -0.0377. The Labute approximate surface area is 116 Å². The van der Waals surface area contributed by atoms with Crippen molar-refractivity contribution in [3.05, 3.63) is 0 Å². The van der Waals surface area contributed by atoms with Gasteiger partial charge in [0.1, 0.15) is 5.78 Å². The van der Waals surface area contributed by atoms with Crippen LogP contribution < -0.4 is 5.32 Å². The highest BCUT2D eigenvalue weighted by atomic mass is 32.2. The molecule has 0 aromatic rings. The van der Waals surface area contributed by atoms with Gasteiger partial charge in [-0.3, -0.25) is 24.1 Å². The predicted molar refractivity (Wildman–Crippen MR) is 71.6 cm³/mol. The summed E-state index contributed by atoms with van der Waals surface area (Å²) in [5.74, 6) is -0.166. The first-order valence-corrected chi connectivity index (χ1v) is 7.22. The number of carbonyl (C=O) groups is 4. The Balaban J connectivity index is 2.27. The minimum atomic E-state index is -0.368. The summed E-state index contributed by atoms with van der Waals surface area (Å²) in [5, 5.41) is 2.12. The number of thioether (sulfide) groups is 1. The molecular weight excluding hydrogens is 268 g/mol. The number of imide groups is 1. The molecule has 0 radical (unpaired) electrons. The minimum absolute atomic E-state index is 0.0357. The number of nitrogens with one attached hydrogen (secondary N) is 1. The summed E-state index contributed by atoms with van der Waals surface area (Å²) in [6, 6.07) is 0. The highest BCUT2D eigenvalue weighted by Gasteiger charge is 2.37. The van der Waals surface area contributed by atoms with Crippen LogP contribution in [0.25, 0.3) is 0 Å². The van der Waals surface area contributed by atoms with Crippen molar-refractivity contribution in [1.82, 2.24) is 10.2 Å². The fraction of sp³-hybridized carbons (Fsp3) is 0.667. The molecule has 0 saturated carbocycles. The van der Waals surface area contributed by atoms with Crippen molar-refractivity contribution in [2.75, 3.05) is 18.8 Å². The van der Waals surface area contributed by atoms with Crippen molar-refractivity contribution in [3.8, 4) is 0 Å². The van der Waals surface area contributed by atoms with Gasteiger partial charge in [-0.2, -0.15) is 0 Å². The third-order valence-electron chi connectivity index (χ3n) is 2.70. The van der Waals surface area contributed by atoms with Gasteiger partial charge in [-0.05, 0) is 13.8 Å². The van der Waals surface area contributed by atoms with E-state index < -0.39 is 0 Å². The van der Waals surface area contributed by atoms with E-state index in [1.807, 2.05) is 0 Å². The van der Waals surface area contributed by atoms with E-state index in [2.05, 4.69) is 5.32 Å². The lowest BCUT2D eigenvalue weighted by Gasteiger charge is -2.11. The quantitative estimate of drug-likeness (QED) is 0.664. The fourth-order valence-corrected chi connectivity index (χ4v) is 2.84. The molecule has 1 unspecified atom stereocenters. The monoisotopic (exact) mass is 286 g/mol. The maximum Gasteiger partial charge on any atom is 0.242 e. The Morgan fingerprint density at radius 2 is 2.11 bits per heavy atom. The van der Waals surface area contributed by atoms with Gasteiger partial charge in [-0.1, -0.05) is 0 Å². The number of amides is 3. The molecule has 0 spiro atoms. The lowest BCUT2D eigenvalue weighted by atomic mass is 10.3. The number of Topliss-reactive ketones (excluding diaryl/α,β-unsaturated/α-hetero) is 1. The summed E-state index contributed by atoms with van der Waals surface area (Å²) < 4.78 is 0. The Hall–Kier alpha value is -1.37. The van der Waals surface area contributed by atoms with Crippen LogP contribution in [-0.2, 0) is 19.2 Å². The molecule has 0 aliphatic carbocycles. The van der Waals surface area contributed by atoms with Crippen LogP contribution in [0.3, 0.4) is 0 Å². The molecule has 1 heterocycles. The summed E-state index contributed by atoms with van der Waals surface area (Å²) in [6.07, 6.45) is 0.453. The molecule has 19 heavy (non-hydrogen) atoms. The molecule has 0 aromatic carbocycles. The van der Waals surface area contributed by atoms with Crippen LogP contribution >= 0.6 is 11.8 Å². The zero-order valence-electron chi connectivity index (χ0n) is 11.1. The van der Waals surface area contributed by atoms with E-state index in [-0.39, 0.29) is 48.1 Å². The molecule has 1 fully saturated rings. The van der Waals surface area contributed by atoms with Crippen molar-refractivity contribution in [2.24, 2.45) is 0 Å². The maximum absolute atomic E-state index is 11.8. The molecule has 1 aliphatic heterocycles. The largest absolute Gasteiger partial charge is 0.349 e. The number of hydrogen-bond donors (Lipinski definition) is 1. The highest BCUT2D eigenvalue weighted by Crippen LogP contribution is 2.25. The summed E-state index contributed by atoms with van der Waals surface area (Å²) in [5.41, 5.74) is 0. The lowest BCUT2D eigenvalue weighted by Crippen LogP contribution is -2.31. The third kappa shape index (κ3) is 4.66. The smallest absolute Gasteiger partial charge is 0.242 e. The van der Waals surface area contributed by atoms with Crippen molar-refractivity contribution >= 4 is 35.3 Å². The van der Waals surface area contributed by atoms with Crippen LogP contribution in [0.2, 0.25) is 0 Å². The second kappa shape index (κ2) is 7.28. The summed E-state index contributed by atoms with van der Waals surface area (Å²) in [7, 11) is 0. The molecule has 6 nitrogen and oxygen atoms in total. The number of rotatable bonds is 7. The van der Waals surface area contributed by atoms with E-state index in [4.69, 9.17) is 0 Å². The van der Waals surface area contributed by atoms with Gasteiger partial charge in [-0.25, -0.2) is 0 Å². The van der Waals surface area contributed by atoms with Gasteiger partial charge < -0.3 is 5.32 Å². The molecule has 7 heteroatoms. The summed E-state index contributed by atoms with van der Waals surface area (Å²) in [4.78, 5) is 46.5. The highest BCUT2D eigenvalue weighted by molar-refractivity contribution is 8.00. The van der Waals surface area contributed by atoms with E-state index in [0.717, 1.165) is 0 Å². The number of hydrogen-bond acceptors (Lipinski definition) is 5. The molecule has 1 aliphatic rings. The van der Waals surface area contributed by atoms with Gasteiger partial charge in [0.25, 0.3) is 0 Å².